The largest absolute Gasteiger partial charge is 0.356 e. The molecule has 0 saturated heterocycles. The number of para-hydroxylation sites is 1. The fourth-order valence-electron chi connectivity index (χ4n) is 3.89. The van der Waals surface area contributed by atoms with Crippen molar-refractivity contribution < 1.29 is 14.4 Å². The van der Waals surface area contributed by atoms with Gasteiger partial charge in [-0.15, -0.1) is 0 Å². The van der Waals surface area contributed by atoms with Gasteiger partial charge in [-0.05, 0) is 59.7 Å². The summed E-state index contributed by atoms with van der Waals surface area (Å²) in [6, 6.07) is 28.5. The van der Waals surface area contributed by atoms with Gasteiger partial charge in [-0.25, -0.2) is 0 Å². The van der Waals surface area contributed by atoms with Crippen molar-refractivity contribution in [2.45, 2.75) is 0 Å². The van der Waals surface area contributed by atoms with Crippen molar-refractivity contribution in [3.63, 3.8) is 0 Å². The molecule has 0 saturated carbocycles. The maximum absolute atomic E-state index is 11.6. The zero-order valence-corrected chi connectivity index (χ0v) is 17.4. The highest BCUT2D eigenvalue weighted by molar-refractivity contribution is 7.60. The van der Waals surface area contributed by atoms with E-state index < -0.39 is 7.60 Å². The maximum Gasteiger partial charge on any atom is 0.356 e. The predicted octanol–water partition coefficient (Wildman–Crippen LogP) is 5.91. The maximum atomic E-state index is 11.6. The molecule has 0 aliphatic carbocycles. The number of nitrogens with zero attached hydrogens (tertiary/aromatic N) is 1. The number of benzene rings is 4. The molecule has 0 atom stereocenters. The third kappa shape index (κ3) is 3.24. The van der Waals surface area contributed by atoms with Crippen LogP contribution in [-0.2, 0) is 4.57 Å². The van der Waals surface area contributed by atoms with Crippen molar-refractivity contribution in [2.75, 3.05) is 0 Å². The predicted molar refractivity (Wildman–Crippen MR) is 123 cm³/mol. The topological polar surface area (TPSA) is 62.5 Å². The van der Waals surface area contributed by atoms with Crippen LogP contribution >= 0.6 is 19.2 Å². The summed E-state index contributed by atoms with van der Waals surface area (Å²) in [6.07, 6.45) is 0. The van der Waals surface area contributed by atoms with Gasteiger partial charge >= 0.3 is 7.60 Å². The number of halogens is 1. The third-order valence-electron chi connectivity index (χ3n) is 5.28. The van der Waals surface area contributed by atoms with Crippen LogP contribution in [0.4, 0.5) is 0 Å². The molecule has 5 aromatic rings. The zero-order chi connectivity index (χ0) is 20.9. The van der Waals surface area contributed by atoms with E-state index in [1.807, 2.05) is 60.7 Å². The second-order valence-corrected chi connectivity index (χ2v) is 9.20. The Morgan fingerprint density at radius 3 is 2.20 bits per heavy atom. The molecule has 0 aliphatic heterocycles. The van der Waals surface area contributed by atoms with Crippen molar-refractivity contribution in [2.24, 2.45) is 0 Å². The second kappa shape index (κ2) is 7.12. The molecule has 4 nitrogen and oxygen atoms in total. The van der Waals surface area contributed by atoms with Crippen LogP contribution in [-0.4, -0.2) is 14.4 Å². The van der Waals surface area contributed by atoms with Crippen molar-refractivity contribution in [1.29, 1.82) is 0 Å². The Balaban J connectivity index is 1.65. The van der Waals surface area contributed by atoms with Gasteiger partial charge in [0.05, 0.1) is 16.3 Å². The first kappa shape index (κ1) is 19.1. The number of hydrogen-bond acceptors (Lipinski definition) is 1. The number of aromatic nitrogens is 1. The summed E-state index contributed by atoms with van der Waals surface area (Å²) in [5, 5.41) is 2.94. The lowest BCUT2D eigenvalue weighted by Gasteiger charge is -2.10. The monoisotopic (exact) mass is 433 g/mol. The lowest BCUT2D eigenvalue weighted by atomic mass is 10.1. The van der Waals surface area contributed by atoms with Crippen LogP contribution in [0.15, 0.2) is 91.0 Å². The molecule has 0 aliphatic rings. The lowest BCUT2D eigenvalue weighted by Crippen LogP contribution is -2.03. The van der Waals surface area contributed by atoms with Gasteiger partial charge in [-0.3, -0.25) is 4.57 Å². The second-order valence-electron chi connectivity index (χ2n) is 7.16. The van der Waals surface area contributed by atoms with E-state index in [1.165, 1.54) is 12.1 Å². The Morgan fingerprint density at radius 2 is 1.43 bits per heavy atom. The molecular weight excluding hydrogens is 417 g/mol. The summed E-state index contributed by atoms with van der Waals surface area (Å²) in [4.78, 5) is 18.9. The Labute approximate surface area is 178 Å². The van der Waals surface area contributed by atoms with Gasteiger partial charge in [0.25, 0.3) is 0 Å². The standard InChI is InChI=1S/C24H17ClNO3P/c25-18-10-13-24-22(15-18)21-6-1-2-7-23(21)26(24)19-11-8-16(9-12-19)17-4-3-5-20(14-17)30(27,28)29/h1-15H,(H2,27,28,29). The SMILES string of the molecule is O=P(O)(O)c1cccc(-c2ccc(-n3c4ccccc4c4cc(Cl)ccc43)cc2)c1. The lowest BCUT2D eigenvalue weighted by molar-refractivity contribution is 0.387. The van der Waals surface area contributed by atoms with Crippen LogP contribution in [0.3, 0.4) is 0 Å². The van der Waals surface area contributed by atoms with Gasteiger partial charge in [-0.1, -0.05) is 54.1 Å². The quantitative estimate of drug-likeness (QED) is 0.348. The number of rotatable bonds is 3. The van der Waals surface area contributed by atoms with Crippen LogP contribution in [0.5, 0.6) is 0 Å². The fraction of sp³-hybridized carbons (Fsp3) is 0. The molecule has 1 aromatic heterocycles. The number of fused-ring (bicyclic) bond motifs is 3. The molecule has 0 bridgehead atoms. The van der Waals surface area contributed by atoms with Gasteiger partial charge < -0.3 is 14.4 Å². The molecule has 5 rings (SSSR count). The molecule has 0 unspecified atom stereocenters. The van der Waals surface area contributed by atoms with E-state index in [2.05, 4.69) is 16.7 Å². The molecule has 6 heteroatoms. The zero-order valence-electron chi connectivity index (χ0n) is 15.7. The molecule has 0 spiro atoms. The van der Waals surface area contributed by atoms with Gasteiger partial charge in [0.15, 0.2) is 0 Å². The molecule has 30 heavy (non-hydrogen) atoms. The smallest absolute Gasteiger partial charge is 0.321 e. The molecule has 0 amide bonds. The van der Waals surface area contributed by atoms with E-state index in [9.17, 15) is 14.4 Å². The Hall–Kier alpha value is -2.88. The minimum Gasteiger partial charge on any atom is -0.321 e. The molecular formula is C24H17ClNO3P. The first-order chi connectivity index (χ1) is 14.4. The first-order valence-corrected chi connectivity index (χ1v) is 11.4. The minimum atomic E-state index is -4.29. The summed E-state index contributed by atoms with van der Waals surface area (Å²) < 4.78 is 13.8. The Bertz CT molecular complexity index is 1450. The van der Waals surface area contributed by atoms with E-state index >= 15 is 0 Å². The fourth-order valence-corrected chi connectivity index (χ4v) is 4.65. The average molecular weight is 434 g/mol. The normalized spacial score (nSPS) is 12.0. The highest BCUT2D eigenvalue weighted by atomic mass is 35.5. The van der Waals surface area contributed by atoms with Crippen LogP contribution in [0, 0.1) is 0 Å². The highest BCUT2D eigenvalue weighted by Gasteiger charge is 2.17. The van der Waals surface area contributed by atoms with Crippen molar-refractivity contribution in [1.82, 2.24) is 4.57 Å². The van der Waals surface area contributed by atoms with E-state index in [-0.39, 0.29) is 5.30 Å². The van der Waals surface area contributed by atoms with Crippen LogP contribution in [0.1, 0.15) is 0 Å². The summed E-state index contributed by atoms with van der Waals surface area (Å²) in [7, 11) is -4.29. The first-order valence-electron chi connectivity index (χ1n) is 9.37. The van der Waals surface area contributed by atoms with Gasteiger partial charge in [0, 0.05) is 21.5 Å². The summed E-state index contributed by atoms with van der Waals surface area (Å²) in [5.74, 6) is 0. The Kier molecular flexibility index (Phi) is 4.53. The molecule has 4 aromatic carbocycles. The molecule has 0 radical (unpaired) electrons. The van der Waals surface area contributed by atoms with Crippen molar-refractivity contribution >= 4 is 46.3 Å². The van der Waals surface area contributed by atoms with Crippen LogP contribution in [0.2, 0.25) is 5.02 Å². The van der Waals surface area contributed by atoms with E-state index in [1.54, 1.807) is 6.07 Å². The van der Waals surface area contributed by atoms with Crippen LogP contribution in [0.25, 0.3) is 38.6 Å². The summed E-state index contributed by atoms with van der Waals surface area (Å²) >= 11 is 6.24. The molecule has 148 valence electrons. The van der Waals surface area contributed by atoms with Gasteiger partial charge in [0.1, 0.15) is 0 Å². The van der Waals surface area contributed by atoms with Crippen molar-refractivity contribution in [3.05, 3.63) is 96.0 Å². The molecule has 2 N–H and O–H groups in total. The van der Waals surface area contributed by atoms with Gasteiger partial charge in [-0.2, -0.15) is 0 Å². The molecule has 0 fully saturated rings. The van der Waals surface area contributed by atoms with Gasteiger partial charge in [0.2, 0.25) is 0 Å². The third-order valence-corrected chi connectivity index (χ3v) is 6.46. The van der Waals surface area contributed by atoms with E-state index in [0.717, 1.165) is 38.6 Å². The Morgan fingerprint density at radius 1 is 0.700 bits per heavy atom. The van der Waals surface area contributed by atoms with E-state index in [0.29, 0.717) is 5.02 Å². The summed E-state index contributed by atoms with van der Waals surface area (Å²) in [5.41, 5.74) is 4.80. The molecule has 1 heterocycles. The minimum absolute atomic E-state index is 0.0170. The van der Waals surface area contributed by atoms with E-state index in [4.69, 9.17) is 11.6 Å². The van der Waals surface area contributed by atoms with Crippen LogP contribution < -0.4 is 5.30 Å². The summed E-state index contributed by atoms with van der Waals surface area (Å²) in [6.45, 7) is 0. The average Bonchev–Trinajstić information content (AvgIpc) is 3.07. The van der Waals surface area contributed by atoms with Crippen molar-refractivity contribution in [3.8, 4) is 16.8 Å². The number of hydrogen-bond donors (Lipinski definition) is 2. The highest BCUT2D eigenvalue weighted by Crippen LogP contribution is 2.36.